The molecular weight excluding hydrogens is 329 g/mol. The standard InChI is InChI=1S/C18H15Cl2N3/c1-12-14-8-7-13(4-3-9-21)10-18(14)23(22-12)11-15-16(19)5-2-6-17(15)20/h2,5-8,10H,3-4,11H2,1H3. The number of benzene rings is 2. The molecule has 0 bridgehead atoms. The van der Waals surface area contributed by atoms with Crippen LogP contribution in [0, 0.1) is 18.3 Å². The summed E-state index contributed by atoms with van der Waals surface area (Å²) in [6.07, 6.45) is 1.25. The Morgan fingerprint density at radius 3 is 2.61 bits per heavy atom. The van der Waals surface area contributed by atoms with Crippen molar-refractivity contribution in [2.24, 2.45) is 0 Å². The van der Waals surface area contributed by atoms with Crippen molar-refractivity contribution in [1.82, 2.24) is 9.78 Å². The number of fused-ring (bicyclic) bond motifs is 1. The van der Waals surface area contributed by atoms with Gasteiger partial charge in [0.05, 0.1) is 23.8 Å². The lowest BCUT2D eigenvalue weighted by atomic mass is 10.1. The Labute approximate surface area is 145 Å². The molecule has 0 fully saturated rings. The third-order valence-corrected chi connectivity index (χ3v) is 4.60. The molecular formula is C18H15Cl2N3. The van der Waals surface area contributed by atoms with Gasteiger partial charge in [-0.3, -0.25) is 4.68 Å². The normalized spacial score (nSPS) is 10.9. The minimum absolute atomic E-state index is 0.509. The summed E-state index contributed by atoms with van der Waals surface area (Å²) in [5.74, 6) is 0. The summed E-state index contributed by atoms with van der Waals surface area (Å²) < 4.78 is 1.92. The monoisotopic (exact) mass is 343 g/mol. The highest BCUT2D eigenvalue weighted by Crippen LogP contribution is 2.27. The van der Waals surface area contributed by atoms with Crippen LogP contribution in [-0.2, 0) is 13.0 Å². The largest absolute Gasteiger partial charge is 0.260 e. The molecule has 0 aliphatic heterocycles. The summed E-state index contributed by atoms with van der Waals surface area (Å²) in [7, 11) is 0. The Bertz CT molecular complexity index is 886. The molecule has 0 saturated heterocycles. The van der Waals surface area contributed by atoms with Gasteiger partial charge in [0.2, 0.25) is 0 Å². The maximum Gasteiger partial charge on any atom is 0.0696 e. The molecule has 3 aromatic rings. The summed E-state index contributed by atoms with van der Waals surface area (Å²) in [6, 6.07) is 13.9. The first-order valence-corrected chi connectivity index (χ1v) is 8.11. The SMILES string of the molecule is Cc1nn(Cc2c(Cl)cccc2Cl)c2cc(CCC#N)ccc12. The van der Waals surface area contributed by atoms with Crippen LogP contribution < -0.4 is 0 Å². The zero-order chi connectivity index (χ0) is 16.4. The van der Waals surface area contributed by atoms with Gasteiger partial charge in [0.1, 0.15) is 0 Å². The van der Waals surface area contributed by atoms with Gasteiger partial charge in [-0.05, 0) is 37.1 Å². The molecule has 3 nitrogen and oxygen atoms in total. The Hall–Kier alpha value is -2.02. The van der Waals surface area contributed by atoms with Crippen LogP contribution in [0.25, 0.3) is 10.9 Å². The lowest BCUT2D eigenvalue weighted by molar-refractivity contribution is 0.703. The number of rotatable bonds is 4. The lowest BCUT2D eigenvalue weighted by Crippen LogP contribution is -2.03. The number of nitriles is 1. The first-order chi connectivity index (χ1) is 11.1. The number of aromatic nitrogens is 2. The van der Waals surface area contributed by atoms with Crippen molar-refractivity contribution in [3.05, 3.63) is 63.3 Å². The van der Waals surface area contributed by atoms with Gasteiger partial charge in [-0.1, -0.05) is 41.4 Å². The minimum atomic E-state index is 0.509. The van der Waals surface area contributed by atoms with E-state index in [1.807, 2.05) is 29.8 Å². The van der Waals surface area contributed by atoms with Crippen LogP contribution in [0.4, 0.5) is 0 Å². The number of halogens is 2. The number of hydrogen-bond donors (Lipinski definition) is 0. The maximum absolute atomic E-state index is 8.76. The van der Waals surface area contributed by atoms with E-state index in [-0.39, 0.29) is 0 Å². The van der Waals surface area contributed by atoms with Crippen molar-refractivity contribution in [1.29, 1.82) is 5.26 Å². The molecule has 0 amide bonds. The average Bonchev–Trinajstić information content (AvgIpc) is 2.85. The fraction of sp³-hybridized carbons (Fsp3) is 0.222. The average molecular weight is 344 g/mol. The Morgan fingerprint density at radius 1 is 1.17 bits per heavy atom. The van der Waals surface area contributed by atoms with Crippen molar-refractivity contribution in [2.75, 3.05) is 0 Å². The molecule has 1 aromatic heterocycles. The topological polar surface area (TPSA) is 41.6 Å². The van der Waals surface area contributed by atoms with Gasteiger partial charge in [-0.25, -0.2) is 0 Å². The zero-order valence-electron chi connectivity index (χ0n) is 12.7. The molecule has 2 aromatic carbocycles. The van der Waals surface area contributed by atoms with Crippen molar-refractivity contribution >= 4 is 34.1 Å². The summed E-state index contributed by atoms with van der Waals surface area (Å²) in [5.41, 5.74) is 4.00. The van der Waals surface area contributed by atoms with Crippen LogP contribution in [0.15, 0.2) is 36.4 Å². The summed E-state index contributed by atoms with van der Waals surface area (Å²) in [4.78, 5) is 0. The minimum Gasteiger partial charge on any atom is -0.260 e. The third kappa shape index (κ3) is 3.19. The lowest BCUT2D eigenvalue weighted by Gasteiger charge is -2.09. The Balaban J connectivity index is 2.05. The summed E-state index contributed by atoms with van der Waals surface area (Å²) >= 11 is 12.6. The molecule has 0 atom stereocenters. The highest BCUT2D eigenvalue weighted by atomic mass is 35.5. The molecule has 0 spiro atoms. The molecule has 1 heterocycles. The number of nitrogens with zero attached hydrogens (tertiary/aromatic N) is 3. The fourth-order valence-corrected chi connectivity index (χ4v) is 3.21. The molecule has 0 N–H and O–H groups in total. The number of aryl methyl sites for hydroxylation is 2. The van der Waals surface area contributed by atoms with Crippen molar-refractivity contribution in [2.45, 2.75) is 26.3 Å². The highest BCUT2D eigenvalue weighted by Gasteiger charge is 2.12. The van der Waals surface area contributed by atoms with Crippen LogP contribution in [0.1, 0.15) is 23.2 Å². The molecule has 0 aliphatic rings. The second kappa shape index (κ2) is 6.62. The van der Waals surface area contributed by atoms with E-state index < -0.39 is 0 Å². The molecule has 0 aliphatic carbocycles. The number of hydrogen-bond acceptors (Lipinski definition) is 2. The maximum atomic E-state index is 8.76. The molecule has 23 heavy (non-hydrogen) atoms. The van der Waals surface area contributed by atoms with E-state index in [2.05, 4.69) is 29.4 Å². The summed E-state index contributed by atoms with van der Waals surface area (Å²) in [5, 5.41) is 15.8. The predicted molar refractivity (Wildman–Crippen MR) is 94.0 cm³/mol. The van der Waals surface area contributed by atoms with Crippen LogP contribution in [0.2, 0.25) is 10.0 Å². The Kier molecular flexibility index (Phi) is 4.56. The van der Waals surface area contributed by atoms with E-state index in [1.54, 1.807) is 0 Å². The first kappa shape index (κ1) is 15.9. The van der Waals surface area contributed by atoms with Gasteiger partial charge in [0.15, 0.2) is 0 Å². The van der Waals surface area contributed by atoms with E-state index in [1.165, 1.54) is 0 Å². The molecule has 5 heteroatoms. The molecule has 3 rings (SSSR count). The second-order valence-corrected chi connectivity index (χ2v) is 6.27. The molecule has 0 unspecified atom stereocenters. The van der Waals surface area contributed by atoms with Gasteiger partial charge in [0, 0.05) is 27.4 Å². The van der Waals surface area contributed by atoms with Gasteiger partial charge in [-0.15, -0.1) is 0 Å². The first-order valence-electron chi connectivity index (χ1n) is 7.36. The van der Waals surface area contributed by atoms with E-state index in [9.17, 15) is 0 Å². The molecule has 0 saturated carbocycles. The van der Waals surface area contributed by atoms with Gasteiger partial charge in [0.25, 0.3) is 0 Å². The van der Waals surface area contributed by atoms with Crippen LogP contribution >= 0.6 is 23.2 Å². The molecule has 0 radical (unpaired) electrons. The second-order valence-electron chi connectivity index (χ2n) is 5.45. The van der Waals surface area contributed by atoms with Gasteiger partial charge < -0.3 is 0 Å². The smallest absolute Gasteiger partial charge is 0.0696 e. The van der Waals surface area contributed by atoms with E-state index in [0.29, 0.717) is 23.0 Å². The molecule has 116 valence electrons. The van der Waals surface area contributed by atoms with Crippen LogP contribution in [0.3, 0.4) is 0 Å². The van der Waals surface area contributed by atoms with Crippen LogP contribution in [-0.4, -0.2) is 9.78 Å². The van der Waals surface area contributed by atoms with E-state index >= 15 is 0 Å². The van der Waals surface area contributed by atoms with Crippen molar-refractivity contribution in [3.8, 4) is 6.07 Å². The summed E-state index contributed by atoms with van der Waals surface area (Å²) in [6.45, 7) is 2.51. The van der Waals surface area contributed by atoms with E-state index in [4.69, 9.17) is 28.5 Å². The quantitative estimate of drug-likeness (QED) is 0.656. The van der Waals surface area contributed by atoms with Gasteiger partial charge >= 0.3 is 0 Å². The predicted octanol–water partition coefficient (Wildman–Crippen LogP) is 5.16. The van der Waals surface area contributed by atoms with Crippen LogP contribution in [0.5, 0.6) is 0 Å². The highest BCUT2D eigenvalue weighted by molar-refractivity contribution is 6.36. The fourth-order valence-electron chi connectivity index (χ4n) is 2.69. The van der Waals surface area contributed by atoms with Gasteiger partial charge in [-0.2, -0.15) is 10.4 Å². The zero-order valence-corrected chi connectivity index (χ0v) is 14.2. The Morgan fingerprint density at radius 2 is 1.91 bits per heavy atom. The van der Waals surface area contributed by atoms with E-state index in [0.717, 1.165) is 34.1 Å². The van der Waals surface area contributed by atoms with Crippen molar-refractivity contribution < 1.29 is 0 Å². The van der Waals surface area contributed by atoms with Crippen molar-refractivity contribution in [3.63, 3.8) is 0 Å². The third-order valence-electron chi connectivity index (χ3n) is 3.90.